The first-order valence-electron chi connectivity index (χ1n) is 16.6. The number of likely N-dealkylation sites (tertiary alicyclic amines) is 1. The third-order valence-electron chi connectivity index (χ3n) is 10.3. The van der Waals surface area contributed by atoms with Gasteiger partial charge >= 0.3 is 0 Å². The number of nitrogens with zero attached hydrogens (tertiary/aromatic N) is 4. The monoisotopic (exact) mass is 660 g/mol. The van der Waals surface area contributed by atoms with E-state index in [9.17, 15) is 24.0 Å². The summed E-state index contributed by atoms with van der Waals surface area (Å²) in [6, 6.07) is 19.4. The standard InChI is InChI=1S/C37H37FN8O3/c1-40-34(48)24-7-11-29-22(15-24)3-4-23-16-25(35(49)41-2)8-12-30(23)37(29,36-43-33(44-45-36)21-5-9-27(38)10-6-21)13-14-42-20-32(47)46-28(19-39)17-26-18-31(26)46/h5-12,15-16,26,28,31,42H,3-4,13-14,17-18,20H2,1-2H3,(H,40,48)(H,41,49)(H,43,44,45)/t26-,28?,31+/m1/s1. The number of amides is 3. The first-order valence-corrected chi connectivity index (χ1v) is 16.6. The SMILES string of the molecule is CNC(=O)c1ccc2c(c1)CCc1cc(C(=O)NC)ccc1C2(CCNCC(=O)N1C(C#N)C[C@@H]2C[C@@H]21)c1nc(-c2ccc(F)cc2)n[nH]1. The van der Waals surface area contributed by atoms with Crippen molar-refractivity contribution in [2.75, 3.05) is 27.2 Å². The normalized spacial score (nSPS) is 19.9. The van der Waals surface area contributed by atoms with Crippen molar-refractivity contribution in [2.45, 2.75) is 49.6 Å². The van der Waals surface area contributed by atoms with E-state index in [0.29, 0.717) is 60.1 Å². The van der Waals surface area contributed by atoms with Crippen molar-refractivity contribution in [3.63, 3.8) is 0 Å². The molecule has 2 heterocycles. The van der Waals surface area contributed by atoms with Crippen LogP contribution in [-0.2, 0) is 23.1 Å². The number of halogens is 1. The van der Waals surface area contributed by atoms with Crippen LogP contribution in [0.15, 0.2) is 60.7 Å². The largest absolute Gasteiger partial charge is 0.355 e. The third-order valence-corrected chi connectivity index (χ3v) is 10.3. The number of rotatable bonds is 9. The van der Waals surface area contributed by atoms with Gasteiger partial charge in [0, 0.05) is 36.8 Å². The maximum absolute atomic E-state index is 13.8. The molecule has 2 aliphatic carbocycles. The number of carbonyl (C=O) groups is 3. The summed E-state index contributed by atoms with van der Waals surface area (Å²) in [6.07, 6.45) is 3.33. The second kappa shape index (κ2) is 12.9. The lowest BCUT2D eigenvalue weighted by Gasteiger charge is -2.35. The van der Waals surface area contributed by atoms with Crippen LogP contribution in [-0.4, -0.2) is 77.1 Å². The molecule has 12 heteroatoms. The molecule has 250 valence electrons. The van der Waals surface area contributed by atoms with Gasteiger partial charge in [0.1, 0.15) is 17.7 Å². The molecule has 3 atom stereocenters. The lowest BCUT2D eigenvalue weighted by atomic mass is 9.69. The van der Waals surface area contributed by atoms with Crippen molar-refractivity contribution < 1.29 is 18.8 Å². The van der Waals surface area contributed by atoms with Crippen LogP contribution >= 0.6 is 0 Å². The van der Waals surface area contributed by atoms with Gasteiger partial charge < -0.3 is 20.9 Å². The van der Waals surface area contributed by atoms with Gasteiger partial charge in [-0.1, -0.05) is 12.1 Å². The zero-order valence-corrected chi connectivity index (χ0v) is 27.3. The van der Waals surface area contributed by atoms with Crippen LogP contribution in [0.3, 0.4) is 0 Å². The summed E-state index contributed by atoms with van der Waals surface area (Å²) in [5, 5.41) is 26.2. The van der Waals surface area contributed by atoms with Crippen molar-refractivity contribution in [3.05, 3.63) is 106 Å². The van der Waals surface area contributed by atoms with E-state index in [1.54, 1.807) is 43.3 Å². The number of aromatic amines is 1. The lowest BCUT2D eigenvalue weighted by Crippen LogP contribution is -2.44. The summed E-state index contributed by atoms with van der Waals surface area (Å²) >= 11 is 0. The topological polar surface area (TPSA) is 156 Å². The molecule has 1 aromatic heterocycles. The molecule has 1 aliphatic heterocycles. The Morgan fingerprint density at radius 2 is 1.59 bits per heavy atom. The van der Waals surface area contributed by atoms with Gasteiger partial charge in [0.2, 0.25) is 5.91 Å². The van der Waals surface area contributed by atoms with Crippen LogP contribution in [0.2, 0.25) is 0 Å². The average Bonchev–Trinajstić information content (AvgIpc) is 3.56. The van der Waals surface area contributed by atoms with Gasteiger partial charge in [0.15, 0.2) is 5.82 Å². The van der Waals surface area contributed by atoms with Crippen molar-refractivity contribution >= 4 is 17.7 Å². The molecule has 4 aromatic rings. The summed E-state index contributed by atoms with van der Waals surface area (Å²) in [6.45, 7) is 0.477. The van der Waals surface area contributed by atoms with Crippen LogP contribution in [0.4, 0.5) is 4.39 Å². The van der Waals surface area contributed by atoms with Crippen molar-refractivity contribution in [3.8, 4) is 17.5 Å². The first kappa shape index (κ1) is 32.2. The molecule has 1 saturated heterocycles. The molecule has 49 heavy (non-hydrogen) atoms. The average molecular weight is 661 g/mol. The molecule has 3 aromatic carbocycles. The number of carbonyl (C=O) groups excluding carboxylic acids is 3. The van der Waals surface area contributed by atoms with E-state index >= 15 is 0 Å². The van der Waals surface area contributed by atoms with Crippen LogP contribution in [0.1, 0.15) is 68.1 Å². The predicted octanol–water partition coefficient (Wildman–Crippen LogP) is 3.26. The van der Waals surface area contributed by atoms with Crippen molar-refractivity contribution in [1.82, 2.24) is 36.0 Å². The first-order chi connectivity index (χ1) is 23.8. The molecule has 0 radical (unpaired) electrons. The Balaban J connectivity index is 1.32. The number of benzene rings is 3. The number of hydrogen-bond acceptors (Lipinski definition) is 7. The van der Waals surface area contributed by atoms with Crippen LogP contribution in [0, 0.1) is 23.1 Å². The molecular weight excluding hydrogens is 623 g/mol. The zero-order valence-electron chi connectivity index (χ0n) is 27.3. The number of nitrogens with one attached hydrogen (secondary N) is 4. The van der Waals surface area contributed by atoms with E-state index in [2.05, 4.69) is 32.2 Å². The third kappa shape index (κ3) is 5.74. The number of aryl methyl sites for hydroxylation is 2. The Hall–Kier alpha value is -5.41. The van der Waals surface area contributed by atoms with E-state index in [0.717, 1.165) is 35.1 Å². The highest BCUT2D eigenvalue weighted by atomic mass is 19.1. The van der Waals surface area contributed by atoms with E-state index in [1.165, 1.54) is 12.1 Å². The number of hydrogen-bond donors (Lipinski definition) is 4. The number of aromatic nitrogens is 3. The Morgan fingerprint density at radius 3 is 2.18 bits per heavy atom. The Morgan fingerprint density at radius 1 is 0.959 bits per heavy atom. The van der Waals surface area contributed by atoms with E-state index in [-0.39, 0.29) is 42.2 Å². The molecule has 4 N–H and O–H groups in total. The summed E-state index contributed by atoms with van der Waals surface area (Å²) in [4.78, 5) is 45.6. The molecule has 11 nitrogen and oxygen atoms in total. The molecule has 3 amide bonds. The van der Waals surface area contributed by atoms with E-state index in [1.807, 2.05) is 24.3 Å². The quantitative estimate of drug-likeness (QED) is 0.201. The van der Waals surface area contributed by atoms with Gasteiger partial charge in [-0.3, -0.25) is 19.5 Å². The molecule has 0 spiro atoms. The van der Waals surface area contributed by atoms with Gasteiger partial charge in [-0.25, -0.2) is 9.37 Å². The lowest BCUT2D eigenvalue weighted by molar-refractivity contribution is -0.131. The van der Waals surface area contributed by atoms with Crippen molar-refractivity contribution in [1.29, 1.82) is 5.26 Å². The summed E-state index contributed by atoms with van der Waals surface area (Å²) < 4.78 is 13.8. The minimum atomic E-state index is -0.949. The molecule has 1 saturated carbocycles. The zero-order chi connectivity index (χ0) is 34.3. The molecule has 1 unspecified atom stereocenters. The summed E-state index contributed by atoms with van der Waals surface area (Å²) in [5.41, 5.74) is 4.48. The van der Waals surface area contributed by atoms with E-state index in [4.69, 9.17) is 4.98 Å². The van der Waals surface area contributed by atoms with Gasteiger partial charge in [0.05, 0.1) is 18.0 Å². The highest BCUT2D eigenvalue weighted by molar-refractivity contribution is 5.95. The number of H-pyrrole nitrogens is 1. The molecule has 3 aliphatic rings. The molecule has 2 fully saturated rings. The molecular formula is C37H37FN8O3. The second-order valence-corrected chi connectivity index (χ2v) is 13.0. The number of fused-ring (bicyclic) bond motifs is 3. The summed E-state index contributed by atoms with van der Waals surface area (Å²) in [5.74, 6) is 0.498. The van der Waals surface area contributed by atoms with Crippen molar-refractivity contribution in [2.24, 2.45) is 5.92 Å². The second-order valence-electron chi connectivity index (χ2n) is 13.0. The Bertz CT molecular complexity index is 1920. The fourth-order valence-electron chi connectivity index (χ4n) is 7.74. The highest BCUT2D eigenvalue weighted by Crippen LogP contribution is 2.48. The maximum Gasteiger partial charge on any atom is 0.251 e. The number of nitriles is 1. The number of piperidine rings is 1. The summed E-state index contributed by atoms with van der Waals surface area (Å²) in [7, 11) is 3.19. The van der Waals surface area contributed by atoms with Gasteiger partial charge in [-0.15, -0.1) is 0 Å². The van der Waals surface area contributed by atoms with Gasteiger partial charge in [-0.05, 0) is 115 Å². The minimum Gasteiger partial charge on any atom is -0.355 e. The van der Waals surface area contributed by atoms with Gasteiger partial charge in [-0.2, -0.15) is 10.4 Å². The Kier molecular flexibility index (Phi) is 8.46. The van der Waals surface area contributed by atoms with E-state index < -0.39 is 5.41 Å². The van der Waals surface area contributed by atoms with Crippen LogP contribution in [0.5, 0.6) is 0 Å². The smallest absolute Gasteiger partial charge is 0.251 e. The predicted molar refractivity (Wildman–Crippen MR) is 179 cm³/mol. The fraction of sp³-hybridized carbons (Fsp3) is 0.351. The van der Waals surface area contributed by atoms with Crippen LogP contribution < -0.4 is 16.0 Å². The molecule has 0 bridgehead atoms. The highest BCUT2D eigenvalue weighted by Gasteiger charge is 2.54. The fourth-order valence-corrected chi connectivity index (χ4v) is 7.74. The van der Waals surface area contributed by atoms with Gasteiger partial charge in [0.25, 0.3) is 11.8 Å². The molecule has 7 rings (SSSR count). The Labute approximate surface area is 283 Å². The van der Waals surface area contributed by atoms with Crippen LogP contribution in [0.25, 0.3) is 11.4 Å². The maximum atomic E-state index is 13.8. The minimum absolute atomic E-state index is 0.0830.